The summed E-state index contributed by atoms with van der Waals surface area (Å²) in [7, 11) is -3.70. The van der Waals surface area contributed by atoms with Gasteiger partial charge in [-0.15, -0.1) is 11.3 Å². The van der Waals surface area contributed by atoms with Crippen LogP contribution in [0.5, 0.6) is 0 Å². The maximum absolute atomic E-state index is 12.4. The van der Waals surface area contributed by atoms with E-state index in [1.54, 1.807) is 17.5 Å². The predicted molar refractivity (Wildman–Crippen MR) is 85.6 cm³/mol. The molecule has 0 saturated carbocycles. The molecule has 1 aromatic carbocycles. The molecule has 1 aliphatic heterocycles. The van der Waals surface area contributed by atoms with Gasteiger partial charge in [-0.3, -0.25) is 9.52 Å². The van der Waals surface area contributed by atoms with Crippen LogP contribution < -0.4 is 10.0 Å². The third-order valence-corrected chi connectivity index (χ3v) is 5.72. The zero-order chi connectivity index (χ0) is 16.0. The number of amides is 1. The van der Waals surface area contributed by atoms with Crippen molar-refractivity contribution in [2.45, 2.75) is 30.6 Å². The summed E-state index contributed by atoms with van der Waals surface area (Å²) in [6, 6.07) is 4.73. The molecule has 0 atom stereocenters. The zero-order valence-corrected chi connectivity index (χ0v) is 13.7. The zero-order valence-electron chi connectivity index (χ0n) is 12.1. The number of benzene rings is 1. The number of carbonyl (C=O) groups is 1. The smallest absolute Gasteiger partial charge is 0.263 e. The number of thiazole rings is 1. The summed E-state index contributed by atoms with van der Waals surface area (Å²) in [4.78, 5) is 15.8. The lowest BCUT2D eigenvalue weighted by molar-refractivity contribution is -0.117. The maximum Gasteiger partial charge on any atom is 0.263 e. The molecule has 0 unspecified atom stereocenters. The van der Waals surface area contributed by atoms with Crippen molar-refractivity contribution in [2.24, 2.45) is 0 Å². The van der Waals surface area contributed by atoms with Gasteiger partial charge in [-0.1, -0.05) is 13.8 Å². The Morgan fingerprint density at radius 1 is 1.36 bits per heavy atom. The van der Waals surface area contributed by atoms with Crippen molar-refractivity contribution in [1.29, 1.82) is 0 Å². The van der Waals surface area contributed by atoms with Crippen molar-refractivity contribution in [3.8, 4) is 0 Å². The van der Waals surface area contributed by atoms with E-state index in [1.807, 2.05) is 13.8 Å². The summed E-state index contributed by atoms with van der Waals surface area (Å²) in [5.41, 5.74) is 1.06. The monoisotopic (exact) mass is 337 g/mol. The van der Waals surface area contributed by atoms with Gasteiger partial charge in [0.2, 0.25) is 5.91 Å². The van der Waals surface area contributed by atoms with Crippen LogP contribution in [0.2, 0.25) is 0 Å². The molecular weight excluding hydrogens is 322 g/mol. The molecule has 2 aromatic rings. The quantitative estimate of drug-likeness (QED) is 0.901. The molecule has 1 aliphatic rings. The summed E-state index contributed by atoms with van der Waals surface area (Å²) in [5, 5.41) is 4.80. The number of nitrogens with one attached hydrogen (secondary N) is 2. The van der Waals surface area contributed by atoms with Gasteiger partial charge in [-0.25, -0.2) is 13.4 Å². The summed E-state index contributed by atoms with van der Waals surface area (Å²) in [6.07, 6.45) is 1.86. The molecule has 116 valence electrons. The van der Waals surface area contributed by atoms with Gasteiger partial charge in [0, 0.05) is 29.1 Å². The largest absolute Gasteiger partial charge is 0.326 e. The first-order valence-corrected chi connectivity index (χ1v) is 9.01. The van der Waals surface area contributed by atoms with Gasteiger partial charge in [-0.05, 0) is 23.8 Å². The number of nitrogens with zero attached hydrogens (tertiary/aromatic N) is 1. The molecular formula is C14H15N3O3S2. The molecule has 0 aliphatic carbocycles. The molecule has 8 heteroatoms. The number of rotatable bonds is 3. The molecule has 2 heterocycles. The predicted octanol–water partition coefficient (Wildman–Crippen LogP) is 2.56. The molecule has 1 amide bonds. The molecule has 0 saturated heterocycles. The first-order valence-electron chi connectivity index (χ1n) is 6.65. The van der Waals surface area contributed by atoms with Crippen molar-refractivity contribution >= 4 is 38.1 Å². The summed E-state index contributed by atoms with van der Waals surface area (Å²) in [6.45, 7) is 3.85. The summed E-state index contributed by atoms with van der Waals surface area (Å²) >= 11 is 1.21. The second-order valence-electron chi connectivity index (χ2n) is 5.76. The molecule has 2 N–H and O–H groups in total. The van der Waals surface area contributed by atoms with Crippen LogP contribution in [0.3, 0.4) is 0 Å². The minimum Gasteiger partial charge on any atom is -0.326 e. The SMILES string of the molecule is CC1(C)CC(=O)Nc2ccc(S(=O)(=O)Nc3nccs3)cc21. The standard InChI is InChI=1S/C14H15N3O3S2/c1-14(2)8-12(18)16-11-4-3-9(7-10(11)14)22(19,20)17-13-15-5-6-21-13/h3-7H,8H2,1-2H3,(H,15,17)(H,16,18). The number of anilines is 2. The van der Waals surface area contributed by atoms with Crippen LogP contribution in [0.15, 0.2) is 34.7 Å². The van der Waals surface area contributed by atoms with Crippen molar-refractivity contribution in [3.05, 3.63) is 35.3 Å². The Balaban J connectivity index is 2.02. The highest BCUT2D eigenvalue weighted by atomic mass is 32.2. The molecule has 22 heavy (non-hydrogen) atoms. The fourth-order valence-corrected chi connectivity index (χ4v) is 4.31. The first kappa shape index (κ1) is 15.0. The molecule has 0 spiro atoms. The van der Waals surface area contributed by atoms with E-state index >= 15 is 0 Å². The summed E-state index contributed by atoms with van der Waals surface area (Å²) in [5.74, 6) is -0.0611. The number of aromatic nitrogens is 1. The van der Waals surface area contributed by atoms with Crippen molar-refractivity contribution in [3.63, 3.8) is 0 Å². The Morgan fingerprint density at radius 2 is 2.14 bits per heavy atom. The molecule has 1 aromatic heterocycles. The topological polar surface area (TPSA) is 88.2 Å². The number of carbonyl (C=O) groups excluding carboxylic acids is 1. The molecule has 0 bridgehead atoms. The van der Waals surface area contributed by atoms with E-state index in [0.29, 0.717) is 17.2 Å². The average Bonchev–Trinajstić information content (AvgIpc) is 2.89. The van der Waals surface area contributed by atoms with E-state index in [2.05, 4.69) is 15.0 Å². The molecule has 3 rings (SSSR count). The summed E-state index contributed by atoms with van der Waals surface area (Å²) < 4.78 is 27.3. The maximum atomic E-state index is 12.4. The number of sulfonamides is 1. The fourth-order valence-electron chi connectivity index (χ4n) is 2.50. The van der Waals surface area contributed by atoms with E-state index < -0.39 is 15.4 Å². The second-order valence-corrected chi connectivity index (χ2v) is 8.34. The van der Waals surface area contributed by atoms with Gasteiger partial charge in [0.15, 0.2) is 5.13 Å². The van der Waals surface area contributed by atoms with Gasteiger partial charge >= 0.3 is 0 Å². The van der Waals surface area contributed by atoms with Crippen LogP contribution in [-0.4, -0.2) is 19.3 Å². The van der Waals surface area contributed by atoms with E-state index in [1.165, 1.54) is 23.6 Å². The van der Waals surface area contributed by atoms with Gasteiger partial charge in [0.25, 0.3) is 10.0 Å². The fraction of sp³-hybridized carbons (Fsp3) is 0.286. The van der Waals surface area contributed by atoms with Gasteiger partial charge < -0.3 is 5.32 Å². The van der Waals surface area contributed by atoms with Crippen molar-refractivity contribution in [2.75, 3.05) is 10.0 Å². The number of hydrogen-bond acceptors (Lipinski definition) is 5. The average molecular weight is 337 g/mol. The van der Waals surface area contributed by atoms with Crippen LogP contribution in [0, 0.1) is 0 Å². The minimum absolute atomic E-state index is 0.0611. The Hall–Kier alpha value is -1.93. The lowest BCUT2D eigenvalue weighted by Gasteiger charge is -2.32. The van der Waals surface area contributed by atoms with Crippen LogP contribution in [0.1, 0.15) is 25.8 Å². The van der Waals surface area contributed by atoms with Gasteiger partial charge in [0.05, 0.1) is 4.90 Å². The van der Waals surface area contributed by atoms with Crippen LogP contribution in [0.4, 0.5) is 10.8 Å². The lowest BCUT2D eigenvalue weighted by atomic mass is 9.78. The van der Waals surface area contributed by atoms with Crippen molar-refractivity contribution in [1.82, 2.24) is 4.98 Å². The van der Waals surface area contributed by atoms with Gasteiger partial charge in [0.1, 0.15) is 0 Å². The van der Waals surface area contributed by atoms with Gasteiger partial charge in [-0.2, -0.15) is 0 Å². The number of fused-ring (bicyclic) bond motifs is 1. The van der Waals surface area contributed by atoms with E-state index in [9.17, 15) is 13.2 Å². The Labute approximate surface area is 132 Å². The van der Waals surface area contributed by atoms with E-state index in [0.717, 1.165) is 5.56 Å². The molecule has 0 fully saturated rings. The van der Waals surface area contributed by atoms with Crippen LogP contribution in [-0.2, 0) is 20.2 Å². The highest BCUT2D eigenvalue weighted by Crippen LogP contribution is 2.38. The lowest BCUT2D eigenvalue weighted by Crippen LogP contribution is -2.32. The molecule has 0 radical (unpaired) electrons. The minimum atomic E-state index is -3.70. The molecule has 6 nitrogen and oxygen atoms in total. The third-order valence-electron chi connectivity index (χ3n) is 3.56. The van der Waals surface area contributed by atoms with Crippen LogP contribution in [0.25, 0.3) is 0 Å². The Morgan fingerprint density at radius 3 is 2.82 bits per heavy atom. The van der Waals surface area contributed by atoms with E-state index in [-0.39, 0.29) is 10.8 Å². The van der Waals surface area contributed by atoms with Crippen molar-refractivity contribution < 1.29 is 13.2 Å². The second kappa shape index (κ2) is 5.06. The Kier molecular flexibility index (Phi) is 3.45. The highest BCUT2D eigenvalue weighted by molar-refractivity contribution is 7.93. The van der Waals surface area contributed by atoms with Crippen LogP contribution >= 0.6 is 11.3 Å². The first-order chi connectivity index (χ1) is 10.3. The third kappa shape index (κ3) is 2.71. The number of hydrogen-bond donors (Lipinski definition) is 2. The van der Waals surface area contributed by atoms with E-state index in [4.69, 9.17) is 0 Å². The Bertz CT molecular complexity index is 827. The normalized spacial score (nSPS) is 16.7. The highest BCUT2D eigenvalue weighted by Gasteiger charge is 2.33.